The van der Waals surface area contributed by atoms with Gasteiger partial charge in [0.05, 0.1) is 5.69 Å². The predicted octanol–water partition coefficient (Wildman–Crippen LogP) is 2.78. The minimum absolute atomic E-state index is 0.712. The lowest BCUT2D eigenvalue weighted by Crippen LogP contribution is -2.23. The smallest absolute Gasteiger partial charge is 0.193 e. The second kappa shape index (κ2) is 4.97. The van der Waals surface area contributed by atoms with E-state index in [0.717, 1.165) is 29.7 Å². The van der Waals surface area contributed by atoms with E-state index in [4.69, 9.17) is 0 Å². The van der Waals surface area contributed by atoms with E-state index in [1.54, 1.807) is 11.3 Å². The minimum atomic E-state index is 0.712. The van der Waals surface area contributed by atoms with Crippen LogP contribution >= 0.6 is 11.3 Å². The van der Waals surface area contributed by atoms with Crippen LogP contribution in [0.25, 0.3) is 4.96 Å². The Morgan fingerprint density at radius 1 is 1.44 bits per heavy atom. The van der Waals surface area contributed by atoms with Gasteiger partial charge >= 0.3 is 0 Å². The van der Waals surface area contributed by atoms with Gasteiger partial charge in [-0.25, -0.2) is 4.98 Å². The van der Waals surface area contributed by atoms with Crippen molar-refractivity contribution in [2.45, 2.75) is 27.3 Å². The summed E-state index contributed by atoms with van der Waals surface area (Å²) in [4.78, 5) is 5.61. The fraction of sp³-hybridized carbons (Fsp3) is 0.583. The highest BCUT2D eigenvalue weighted by atomic mass is 32.1. The number of imidazole rings is 1. The van der Waals surface area contributed by atoms with Crippen molar-refractivity contribution in [3.63, 3.8) is 0 Å². The third-order valence-electron chi connectivity index (χ3n) is 3.05. The van der Waals surface area contributed by atoms with E-state index in [1.165, 1.54) is 0 Å². The molecule has 0 radical (unpaired) electrons. The van der Waals surface area contributed by atoms with Crippen LogP contribution in [0.4, 0.5) is 0 Å². The van der Waals surface area contributed by atoms with Crippen LogP contribution in [0.15, 0.2) is 17.8 Å². The quantitative estimate of drug-likeness (QED) is 0.866. The maximum absolute atomic E-state index is 4.53. The van der Waals surface area contributed by atoms with Crippen molar-refractivity contribution in [2.24, 2.45) is 11.8 Å². The molecule has 88 valence electrons. The van der Waals surface area contributed by atoms with Crippen LogP contribution in [0.2, 0.25) is 0 Å². The van der Waals surface area contributed by atoms with E-state index in [0.29, 0.717) is 5.92 Å². The third-order valence-corrected chi connectivity index (χ3v) is 3.82. The van der Waals surface area contributed by atoms with Crippen LogP contribution in [0.3, 0.4) is 0 Å². The van der Waals surface area contributed by atoms with Crippen molar-refractivity contribution in [3.05, 3.63) is 23.5 Å². The SMILES string of the molecule is CC(C)C(C)CNCc1cn2ccsc2n1. The average molecular weight is 237 g/mol. The molecule has 0 spiro atoms. The first-order valence-electron chi connectivity index (χ1n) is 5.78. The van der Waals surface area contributed by atoms with E-state index >= 15 is 0 Å². The highest BCUT2D eigenvalue weighted by Crippen LogP contribution is 2.12. The fourth-order valence-corrected chi connectivity index (χ4v) is 2.24. The molecule has 3 nitrogen and oxygen atoms in total. The van der Waals surface area contributed by atoms with Crippen molar-refractivity contribution in [1.29, 1.82) is 0 Å². The fourth-order valence-electron chi connectivity index (χ4n) is 1.52. The number of rotatable bonds is 5. The number of nitrogens with one attached hydrogen (secondary N) is 1. The predicted molar refractivity (Wildman–Crippen MR) is 68.8 cm³/mol. The molecular formula is C12H19N3S. The number of thiazole rings is 1. The molecule has 1 unspecified atom stereocenters. The van der Waals surface area contributed by atoms with Crippen molar-refractivity contribution in [3.8, 4) is 0 Å². The van der Waals surface area contributed by atoms with Crippen LogP contribution in [-0.2, 0) is 6.54 Å². The third kappa shape index (κ3) is 2.62. The Kier molecular flexibility index (Phi) is 3.61. The minimum Gasteiger partial charge on any atom is -0.311 e. The molecule has 1 atom stereocenters. The maximum Gasteiger partial charge on any atom is 0.193 e. The second-order valence-electron chi connectivity index (χ2n) is 4.68. The molecule has 1 N–H and O–H groups in total. The van der Waals surface area contributed by atoms with Crippen LogP contribution < -0.4 is 5.32 Å². The summed E-state index contributed by atoms with van der Waals surface area (Å²) >= 11 is 1.68. The average Bonchev–Trinajstić information content (AvgIpc) is 2.77. The van der Waals surface area contributed by atoms with E-state index in [2.05, 4.69) is 47.0 Å². The molecule has 0 aliphatic heterocycles. The molecule has 2 aromatic rings. The summed E-state index contributed by atoms with van der Waals surface area (Å²) in [5.41, 5.74) is 1.13. The topological polar surface area (TPSA) is 29.3 Å². The first kappa shape index (κ1) is 11.6. The Balaban J connectivity index is 1.84. The summed E-state index contributed by atoms with van der Waals surface area (Å²) in [5.74, 6) is 1.45. The largest absolute Gasteiger partial charge is 0.311 e. The molecule has 2 aromatic heterocycles. The molecule has 0 amide bonds. The van der Waals surface area contributed by atoms with Gasteiger partial charge in [0.15, 0.2) is 4.96 Å². The van der Waals surface area contributed by atoms with Crippen LogP contribution in [0.1, 0.15) is 26.5 Å². The van der Waals surface area contributed by atoms with Gasteiger partial charge < -0.3 is 5.32 Å². The lowest BCUT2D eigenvalue weighted by atomic mass is 9.98. The van der Waals surface area contributed by atoms with Gasteiger partial charge in [-0.05, 0) is 18.4 Å². The Labute approximate surface area is 101 Å². The van der Waals surface area contributed by atoms with Crippen molar-refractivity contribution < 1.29 is 0 Å². The summed E-state index contributed by atoms with van der Waals surface area (Å²) in [6.07, 6.45) is 4.14. The van der Waals surface area contributed by atoms with E-state index in [1.807, 2.05) is 6.20 Å². The van der Waals surface area contributed by atoms with Gasteiger partial charge in [-0.2, -0.15) is 0 Å². The monoisotopic (exact) mass is 237 g/mol. The zero-order valence-electron chi connectivity index (χ0n) is 10.1. The van der Waals surface area contributed by atoms with Crippen molar-refractivity contribution in [2.75, 3.05) is 6.54 Å². The highest BCUT2D eigenvalue weighted by molar-refractivity contribution is 7.15. The van der Waals surface area contributed by atoms with Crippen molar-refractivity contribution >= 4 is 16.3 Å². The van der Waals surface area contributed by atoms with Gasteiger partial charge in [-0.3, -0.25) is 4.40 Å². The molecule has 16 heavy (non-hydrogen) atoms. The van der Waals surface area contributed by atoms with E-state index in [-0.39, 0.29) is 0 Å². The summed E-state index contributed by atoms with van der Waals surface area (Å²) in [5, 5.41) is 5.52. The Hall–Kier alpha value is -0.870. The van der Waals surface area contributed by atoms with Gasteiger partial charge in [0.25, 0.3) is 0 Å². The maximum atomic E-state index is 4.53. The normalized spacial score (nSPS) is 13.8. The number of nitrogens with zero attached hydrogens (tertiary/aromatic N) is 2. The summed E-state index contributed by atoms with van der Waals surface area (Å²) in [6.45, 7) is 8.73. The molecule has 0 aliphatic carbocycles. The Bertz CT molecular complexity index is 415. The molecule has 2 rings (SSSR count). The first-order valence-corrected chi connectivity index (χ1v) is 6.66. The lowest BCUT2D eigenvalue weighted by Gasteiger charge is -2.15. The van der Waals surface area contributed by atoms with Gasteiger partial charge in [0, 0.05) is 24.3 Å². The number of hydrogen-bond acceptors (Lipinski definition) is 3. The highest BCUT2D eigenvalue weighted by Gasteiger charge is 2.07. The van der Waals surface area contributed by atoms with Gasteiger partial charge in [0.2, 0.25) is 0 Å². The van der Waals surface area contributed by atoms with Gasteiger partial charge in [-0.15, -0.1) is 11.3 Å². The van der Waals surface area contributed by atoms with E-state index < -0.39 is 0 Å². The standard InChI is InChI=1S/C12H19N3S/c1-9(2)10(3)6-13-7-11-8-15-4-5-16-12(15)14-11/h4-5,8-10,13H,6-7H2,1-3H3. The molecule has 0 saturated carbocycles. The lowest BCUT2D eigenvalue weighted by molar-refractivity contribution is 0.392. The van der Waals surface area contributed by atoms with Crippen molar-refractivity contribution in [1.82, 2.24) is 14.7 Å². The van der Waals surface area contributed by atoms with Gasteiger partial charge in [-0.1, -0.05) is 20.8 Å². The summed E-state index contributed by atoms with van der Waals surface area (Å²) in [6, 6.07) is 0. The summed E-state index contributed by atoms with van der Waals surface area (Å²) in [7, 11) is 0. The van der Waals surface area contributed by atoms with Crippen LogP contribution in [0.5, 0.6) is 0 Å². The summed E-state index contributed by atoms with van der Waals surface area (Å²) < 4.78 is 2.08. The van der Waals surface area contributed by atoms with Crippen LogP contribution in [-0.4, -0.2) is 15.9 Å². The Morgan fingerprint density at radius 2 is 2.25 bits per heavy atom. The molecule has 0 aromatic carbocycles. The first-order chi connectivity index (χ1) is 7.66. The molecule has 0 aliphatic rings. The zero-order valence-corrected chi connectivity index (χ0v) is 10.9. The number of hydrogen-bond donors (Lipinski definition) is 1. The molecule has 2 heterocycles. The molecule has 4 heteroatoms. The zero-order chi connectivity index (χ0) is 11.5. The van der Waals surface area contributed by atoms with Crippen LogP contribution in [0, 0.1) is 11.8 Å². The second-order valence-corrected chi connectivity index (χ2v) is 5.55. The van der Waals surface area contributed by atoms with Gasteiger partial charge in [0.1, 0.15) is 0 Å². The number of fused-ring (bicyclic) bond motifs is 1. The molecule has 0 fully saturated rings. The molecule has 0 saturated heterocycles. The Morgan fingerprint density at radius 3 is 2.94 bits per heavy atom. The van der Waals surface area contributed by atoms with E-state index in [9.17, 15) is 0 Å². The molecular weight excluding hydrogens is 218 g/mol. The molecule has 0 bridgehead atoms. The number of aromatic nitrogens is 2.